The topological polar surface area (TPSA) is 155 Å². The van der Waals surface area contributed by atoms with Gasteiger partial charge in [0.15, 0.2) is 21.3 Å². The van der Waals surface area contributed by atoms with E-state index in [1.54, 1.807) is 38.1 Å². The van der Waals surface area contributed by atoms with Crippen molar-refractivity contribution < 1.29 is 13.2 Å². The largest absolute Gasteiger partial charge is 0.419 e. The van der Waals surface area contributed by atoms with Crippen LogP contribution in [0.15, 0.2) is 59.6 Å². The van der Waals surface area contributed by atoms with Gasteiger partial charge >= 0.3 is 0 Å². The Morgan fingerprint density at radius 2 is 1.71 bits per heavy atom. The van der Waals surface area contributed by atoms with Crippen LogP contribution in [0, 0.1) is 10.8 Å². The highest BCUT2D eigenvalue weighted by Crippen LogP contribution is 2.23. The summed E-state index contributed by atoms with van der Waals surface area (Å²) < 4.78 is 30.1. The molecule has 0 spiro atoms. The molecule has 10 heteroatoms. The molecule has 1 aromatic heterocycles. The van der Waals surface area contributed by atoms with E-state index < -0.39 is 21.0 Å². The summed E-state index contributed by atoms with van der Waals surface area (Å²) in [6.07, 6.45) is 1.44. The first kappa shape index (κ1) is 25.0. The lowest BCUT2D eigenvalue weighted by atomic mass is 10.1. The van der Waals surface area contributed by atoms with Gasteiger partial charge in [0, 0.05) is 17.7 Å². The highest BCUT2D eigenvalue weighted by molar-refractivity contribution is 7.92. The summed E-state index contributed by atoms with van der Waals surface area (Å²) in [5.41, 5.74) is 8.49. The van der Waals surface area contributed by atoms with Crippen LogP contribution in [0.2, 0.25) is 0 Å². The zero-order valence-corrected chi connectivity index (χ0v) is 20.1. The lowest BCUT2D eigenvalue weighted by Gasteiger charge is -2.11. The molecule has 178 valence electrons. The van der Waals surface area contributed by atoms with Gasteiger partial charge in [-0.3, -0.25) is 10.8 Å². The van der Waals surface area contributed by atoms with E-state index in [0.29, 0.717) is 16.8 Å². The van der Waals surface area contributed by atoms with Gasteiger partial charge < -0.3 is 15.8 Å². The van der Waals surface area contributed by atoms with Gasteiger partial charge in [-0.2, -0.15) is 0 Å². The van der Waals surface area contributed by atoms with Gasteiger partial charge in [0.05, 0.1) is 22.0 Å². The second-order valence-corrected chi connectivity index (χ2v) is 10.3. The smallest absolute Gasteiger partial charge is 0.243 e. The van der Waals surface area contributed by atoms with Gasteiger partial charge in [-0.05, 0) is 50.2 Å². The number of hydrogen-bond donors (Lipinski definition) is 4. The average molecular weight is 481 g/mol. The molecule has 3 rings (SSSR count). The van der Waals surface area contributed by atoms with Crippen molar-refractivity contribution in [2.75, 3.05) is 12.3 Å². The third-order valence-electron chi connectivity index (χ3n) is 5.11. The third-order valence-corrected chi connectivity index (χ3v) is 7.28. The van der Waals surface area contributed by atoms with E-state index >= 15 is 0 Å². The molecule has 0 aliphatic heterocycles. The highest BCUT2D eigenvalue weighted by Gasteiger charge is 2.20. The molecule has 3 aromatic rings. The lowest BCUT2D eigenvalue weighted by Crippen LogP contribution is -2.17. The van der Waals surface area contributed by atoms with E-state index in [4.69, 9.17) is 21.3 Å². The Morgan fingerprint density at radius 1 is 1.06 bits per heavy atom. The highest BCUT2D eigenvalue weighted by atomic mass is 32.2. The first-order valence-corrected chi connectivity index (χ1v) is 12.3. The fourth-order valence-electron chi connectivity index (χ4n) is 3.04. The van der Waals surface area contributed by atoms with E-state index in [0.717, 1.165) is 18.7 Å². The van der Waals surface area contributed by atoms with Crippen LogP contribution in [0.1, 0.15) is 37.6 Å². The fourth-order valence-corrected chi connectivity index (χ4v) is 4.10. The van der Waals surface area contributed by atoms with Crippen LogP contribution < -0.4 is 11.1 Å². The molecule has 0 atom stereocenters. The number of nitrogens with one attached hydrogen (secondary N) is 3. The molecule has 1 heterocycles. The molecular formula is C24H28N6O3S. The van der Waals surface area contributed by atoms with E-state index in [1.807, 2.05) is 19.1 Å². The average Bonchev–Trinajstić information content (AvgIpc) is 2.83. The predicted octanol–water partition coefficient (Wildman–Crippen LogP) is 3.38. The molecule has 0 unspecified atom stereocenters. The predicted molar refractivity (Wildman–Crippen MR) is 133 cm³/mol. The molecule has 0 radical (unpaired) electrons. The van der Waals surface area contributed by atoms with Crippen LogP contribution in [0.3, 0.4) is 0 Å². The summed E-state index contributed by atoms with van der Waals surface area (Å²) in [5, 5.41) is 19.2. The zero-order chi connectivity index (χ0) is 24.9. The summed E-state index contributed by atoms with van der Waals surface area (Å²) in [7, 11) is -3.39. The zero-order valence-electron chi connectivity index (χ0n) is 19.3. The Labute approximate surface area is 199 Å². The number of aromatic nitrogens is 2. The van der Waals surface area contributed by atoms with Crippen molar-refractivity contribution >= 4 is 27.5 Å². The minimum Gasteiger partial charge on any atom is -0.419 e. The van der Waals surface area contributed by atoms with Crippen LogP contribution in [0.4, 0.5) is 5.82 Å². The van der Waals surface area contributed by atoms with Gasteiger partial charge in [-0.15, -0.1) is 0 Å². The SMILES string of the molecule is CCNCc1ccc(C(=N)OC(=N)c2nc(-c3ccc(S(=O)(=O)C(C)C)cc3)cnc2N)cc1. The van der Waals surface area contributed by atoms with Crippen molar-refractivity contribution in [1.82, 2.24) is 15.3 Å². The molecular weight excluding hydrogens is 452 g/mol. The number of rotatable bonds is 8. The summed E-state index contributed by atoms with van der Waals surface area (Å²) in [4.78, 5) is 8.69. The Morgan fingerprint density at radius 3 is 2.29 bits per heavy atom. The Kier molecular flexibility index (Phi) is 7.75. The number of anilines is 1. The second-order valence-electron chi connectivity index (χ2n) is 7.84. The lowest BCUT2D eigenvalue weighted by molar-refractivity contribution is 0.536. The summed E-state index contributed by atoms with van der Waals surface area (Å²) in [6.45, 7) is 6.87. The van der Waals surface area contributed by atoms with Crippen molar-refractivity contribution in [2.45, 2.75) is 37.5 Å². The van der Waals surface area contributed by atoms with Crippen molar-refractivity contribution in [3.8, 4) is 11.3 Å². The molecule has 0 amide bonds. The summed E-state index contributed by atoms with van der Waals surface area (Å²) >= 11 is 0. The maximum atomic E-state index is 12.3. The van der Waals surface area contributed by atoms with Crippen LogP contribution >= 0.6 is 0 Å². The first-order valence-electron chi connectivity index (χ1n) is 10.8. The number of benzene rings is 2. The standard InChI is InChI=1S/C24H28N6O3S/c1-4-28-13-16-5-7-18(8-6-16)23(26)33-24(27)21-22(25)29-14-20(30-21)17-9-11-19(12-10-17)34(31,32)15(2)3/h5-12,14-15,26-28H,4,13H2,1-3H3,(H2,25,29). The Balaban J connectivity index is 1.78. The van der Waals surface area contributed by atoms with Gasteiger partial charge in [-0.25, -0.2) is 18.4 Å². The van der Waals surface area contributed by atoms with Gasteiger partial charge in [0.25, 0.3) is 0 Å². The normalized spacial score (nSPS) is 11.4. The quantitative estimate of drug-likeness (QED) is 0.284. The van der Waals surface area contributed by atoms with Crippen LogP contribution in [-0.2, 0) is 21.1 Å². The number of nitrogens with two attached hydrogens (primary N) is 1. The molecule has 5 N–H and O–H groups in total. The van der Waals surface area contributed by atoms with Crippen LogP contribution in [-0.4, -0.2) is 42.0 Å². The van der Waals surface area contributed by atoms with Crippen molar-refractivity contribution in [3.63, 3.8) is 0 Å². The molecule has 2 aromatic carbocycles. The number of ether oxygens (including phenoxy) is 1. The maximum Gasteiger partial charge on any atom is 0.243 e. The molecule has 0 saturated heterocycles. The second kappa shape index (κ2) is 10.5. The molecule has 0 aliphatic carbocycles. The van der Waals surface area contributed by atoms with Crippen molar-refractivity contribution in [2.24, 2.45) is 0 Å². The number of nitrogens with zero attached hydrogens (tertiary/aromatic N) is 2. The molecule has 0 aliphatic rings. The monoisotopic (exact) mass is 480 g/mol. The van der Waals surface area contributed by atoms with Crippen LogP contribution in [0.25, 0.3) is 11.3 Å². The minimum absolute atomic E-state index is 0.00936. The fraction of sp³-hybridized carbons (Fsp3) is 0.250. The maximum absolute atomic E-state index is 12.3. The Hall–Kier alpha value is -3.63. The molecule has 0 saturated carbocycles. The van der Waals surface area contributed by atoms with Crippen molar-refractivity contribution in [1.29, 1.82) is 10.8 Å². The Bertz CT molecular complexity index is 1290. The molecule has 9 nitrogen and oxygen atoms in total. The van der Waals surface area contributed by atoms with Gasteiger partial charge in [-0.1, -0.05) is 31.2 Å². The van der Waals surface area contributed by atoms with E-state index in [2.05, 4.69) is 15.3 Å². The summed E-state index contributed by atoms with van der Waals surface area (Å²) in [6, 6.07) is 13.6. The van der Waals surface area contributed by atoms with E-state index in [1.165, 1.54) is 18.3 Å². The third kappa shape index (κ3) is 5.64. The number of sulfone groups is 1. The number of nitrogen functional groups attached to an aromatic ring is 1. The molecule has 34 heavy (non-hydrogen) atoms. The van der Waals surface area contributed by atoms with Gasteiger partial charge in [0.1, 0.15) is 0 Å². The summed E-state index contributed by atoms with van der Waals surface area (Å²) in [5.74, 6) is -0.635. The van der Waals surface area contributed by atoms with Gasteiger partial charge in [0.2, 0.25) is 11.8 Å². The van der Waals surface area contributed by atoms with E-state index in [9.17, 15) is 8.42 Å². The minimum atomic E-state index is -3.39. The molecule has 0 fully saturated rings. The number of hydrogen-bond acceptors (Lipinski definition) is 9. The molecule has 0 bridgehead atoms. The van der Waals surface area contributed by atoms with Crippen LogP contribution in [0.5, 0.6) is 0 Å². The first-order chi connectivity index (χ1) is 16.1. The van der Waals surface area contributed by atoms with Crippen molar-refractivity contribution in [3.05, 3.63) is 71.5 Å². The van der Waals surface area contributed by atoms with E-state index in [-0.39, 0.29) is 22.3 Å².